The lowest BCUT2D eigenvalue weighted by Gasteiger charge is -2.06. The minimum Gasteiger partial charge on any atom is -0.320 e. The summed E-state index contributed by atoms with van der Waals surface area (Å²) in [6, 6.07) is 7.28. The van der Waals surface area contributed by atoms with Crippen LogP contribution in [-0.2, 0) is 0 Å². The van der Waals surface area contributed by atoms with E-state index in [4.69, 9.17) is 11.6 Å². The van der Waals surface area contributed by atoms with Crippen LogP contribution in [0.15, 0.2) is 41.0 Å². The van der Waals surface area contributed by atoms with Crippen molar-refractivity contribution in [1.82, 2.24) is 4.98 Å². The molecule has 1 aromatic carbocycles. The molecule has 0 bridgehead atoms. The monoisotopic (exact) mass is 328 g/mol. The lowest BCUT2D eigenvalue weighted by atomic mass is 10.2. The average molecular weight is 330 g/mol. The van der Waals surface area contributed by atoms with Crippen LogP contribution >= 0.6 is 27.5 Å². The van der Waals surface area contributed by atoms with E-state index in [-0.39, 0.29) is 5.56 Å². The number of nitrogens with one attached hydrogen (secondary N) is 1. The first-order valence-corrected chi connectivity index (χ1v) is 6.11. The zero-order chi connectivity index (χ0) is 13.1. The number of carbonyl (C=O) groups excluding carboxylic acids is 1. The molecule has 0 aliphatic heterocycles. The number of pyridine rings is 1. The maximum absolute atomic E-state index is 13.5. The largest absolute Gasteiger partial charge is 0.320 e. The standard InChI is InChI=1S/C12H7BrClFN2O/c13-7-1-3-10(15)9(5-7)12(18)17-8-2-4-11(14)16-6-8/h1-6H,(H,17,18). The van der Waals surface area contributed by atoms with Crippen LogP contribution in [0.4, 0.5) is 10.1 Å². The summed E-state index contributed by atoms with van der Waals surface area (Å²) in [6.45, 7) is 0. The van der Waals surface area contributed by atoms with Gasteiger partial charge in [0.1, 0.15) is 11.0 Å². The van der Waals surface area contributed by atoms with Crippen molar-refractivity contribution in [1.29, 1.82) is 0 Å². The maximum Gasteiger partial charge on any atom is 0.258 e. The Kier molecular flexibility index (Phi) is 3.93. The summed E-state index contributed by atoms with van der Waals surface area (Å²) in [4.78, 5) is 15.7. The Balaban J connectivity index is 2.21. The Hall–Kier alpha value is -1.46. The Labute approximate surface area is 116 Å². The van der Waals surface area contributed by atoms with Gasteiger partial charge >= 0.3 is 0 Å². The number of amides is 1. The molecule has 1 amide bonds. The Bertz CT molecular complexity index is 589. The Morgan fingerprint density at radius 2 is 2.11 bits per heavy atom. The second-order valence-corrected chi connectivity index (χ2v) is 4.75. The molecule has 2 aromatic rings. The minimum absolute atomic E-state index is 0.0423. The van der Waals surface area contributed by atoms with Gasteiger partial charge in [0.05, 0.1) is 17.4 Å². The molecule has 1 N–H and O–H groups in total. The number of halogens is 3. The summed E-state index contributed by atoms with van der Waals surface area (Å²) >= 11 is 8.80. The van der Waals surface area contributed by atoms with E-state index in [1.807, 2.05) is 0 Å². The van der Waals surface area contributed by atoms with Gasteiger partial charge in [-0.15, -0.1) is 0 Å². The van der Waals surface area contributed by atoms with E-state index in [1.165, 1.54) is 30.5 Å². The van der Waals surface area contributed by atoms with Crippen LogP contribution in [0.25, 0.3) is 0 Å². The molecule has 92 valence electrons. The zero-order valence-corrected chi connectivity index (χ0v) is 11.3. The van der Waals surface area contributed by atoms with Crippen LogP contribution in [0.1, 0.15) is 10.4 Å². The topological polar surface area (TPSA) is 42.0 Å². The van der Waals surface area contributed by atoms with Crippen molar-refractivity contribution in [2.75, 3.05) is 5.32 Å². The fourth-order valence-corrected chi connectivity index (χ4v) is 1.79. The molecular weight excluding hydrogens is 322 g/mol. The van der Waals surface area contributed by atoms with Crippen LogP contribution in [0.2, 0.25) is 5.15 Å². The molecule has 0 aliphatic rings. The van der Waals surface area contributed by atoms with Crippen molar-refractivity contribution in [3.63, 3.8) is 0 Å². The third-order valence-electron chi connectivity index (χ3n) is 2.16. The predicted molar refractivity (Wildman–Crippen MR) is 71.3 cm³/mol. The van der Waals surface area contributed by atoms with E-state index < -0.39 is 11.7 Å². The molecule has 6 heteroatoms. The molecule has 18 heavy (non-hydrogen) atoms. The zero-order valence-electron chi connectivity index (χ0n) is 8.95. The molecule has 0 unspecified atom stereocenters. The van der Waals surface area contributed by atoms with Gasteiger partial charge in [-0.2, -0.15) is 0 Å². The molecule has 0 radical (unpaired) electrons. The minimum atomic E-state index is -0.586. The van der Waals surface area contributed by atoms with Crippen LogP contribution in [0, 0.1) is 5.82 Å². The number of hydrogen-bond acceptors (Lipinski definition) is 2. The molecule has 1 heterocycles. The Morgan fingerprint density at radius 1 is 1.33 bits per heavy atom. The van der Waals surface area contributed by atoms with Crippen LogP contribution in [-0.4, -0.2) is 10.9 Å². The van der Waals surface area contributed by atoms with Crippen molar-refractivity contribution in [3.05, 3.63) is 57.5 Å². The quantitative estimate of drug-likeness (QED) is 0.849. The van der Waals surface area contributed by atoms with E-state index in [0.717, 1.165) is 0 Å². The number of aromatic nitrogens is 1. The van der Waals surface area contributed by atoms with Crippen molar-refractivity contribution >= 4 is 39.1 Å². The molecule has 0 spiro atoms. The lowest BCUT2D eigenvalue weighted by Crippen LogP contribution is -2.13. The van der Waals surface area contributed by atoms with E-state index in [0.29, 0.717) is 15.3 Å². The third-order valence-corrected chi connectivity index (χ3v) is 2.88. The van der Waals surface area contributed by atoms with Gasteiger partial charge < -0.3 is 5.32 Å². The SMILES string of the molecule is O=C(Nc1ccc(Cl)nc1)c1cc(Br)ccc1F. The van der Waals surface area contributed by atoms with Crippen molar-refractivity contribution in [2.24, 2.45) is 0 Å². The van der Waals surface area contributed by atoms with E-state index in [9.17, 15) is 9.18 Å². The smallest absolute Gasteiger partial charge is 0.258 e. The molecule has 2 rings (SSSR count). The first kappa shape index (κ1) is 13.0. The number of rotatable bonds is 2. The highest BCUT2D eigenvalue weighted by Crippen LogP contribution is 2.17. The number of nitrogens with zero attached hydrogens (tertiary/aromatic N) is 1. The van der Waals surface area contributed by atoms with Crippen LogP contribution in [0.5, 0.6) is 0 Å². The summed E-state index contributed by atoms with van der Waals surface area (Å²) in [5, 5.41) is 2.85. The summed E-state index contributed by atoms with van der Waals surface area (Å²) < 4.78 is 14.1. The summed E-state index contributed by atoms with van der Waals surface area (Å²) in [5.41, 5.74) is 0.406. The first-order chi connectivity index (χ1) is 8.56. The molecule has 0 saturated carbocycles. The maximum atomic E-state index is 13.5. The normalized spacial score (nSPS) is 10.2. The number of benzene rings is 1. The molecular formula is C12H7BrClFN2O. The molecule has 3 nitrogen and oxygen atoms in total. The van der Waals surface area contributed by atoms with Crippen LogP contribution in [0.3, 0.4) is 0 Å². The fourth-order valence-electron chi connectivity index (χ4n) is 1.32. The van der Waals surface area contributed by atoms with E-state index in [2.05, 4.69) is 26.2 Å². The fraction of sp³-hybridized carbons (Fsp3) is 0. The first-order valence-electron chi connectivity index (χ1n) is 4.94. The van der Waals surface area contributed by atoms with E-state index >= 15 is 0 Å². The van der Waals surface area contributed by atoms with Crippen molar-refractivity contribution < 1.29 is 9.18 Å². The van der Waals surface area contributed by atoms with Gasteiger partial charge in [-0.25, -0.2) is 9.37 Å². The predicted octanol–water partition coefficient (Wildman–Crippen LogP) is 3.89. The van der Waals surface area contributed by atoms with Crippen molar-refractivity contribution in [2.45, 2.75) is 0 Å². The molecule has 0 atom stereocenters. The molecule has 0 saturated heterocycles. The van der Waals surface area contributed by atoms with Gasteiger partial charge in [-0.3, -0.25) is 4.79 Å². The van der Waals surface area contributed by atoms with Gasteiger partial charge in [0.25, 0.3) is 5.91 Å². The summed E-state index contributed by atoms with van der Waals surface area (Å²) in [5.74, 6) is -1.13. The third kappa shape index (κ3) is 3.05. The number of hydrogen-bond donors (Lipinski definition) is 1. The van der Waals surface area contributed by atoms with Gasteiger partial charge in [0.15, 0.2) is 0 Å². The number of carbonyl (C=O) groups is 1. The van der Waals surface area contributed by atoms with Crippen LogP contribution < -0.4 is 5.32 Å². The highest BCUT2D eigenvalue weighted by atomic mass is 79.9. The molecule has 1 aromatic heterocycles. The summed E-state index contributed by atoms with van der Waals surface area (Å²) in [6.07, 6.45) is 1.40. The average Bonchev–Trinajstić information content (AvgIpc) is 2.35. The van der Waals surface area contributed by atoms with Gasteiger partial charge in [0, 0.05) is 4.47 Å². The Morgan fingerprint density at radius 3 is 2.78 bits per heavy atom. The lowest BCUT2D eigenvalue weighted by molar-refractivity contribution is 0.102. The van der Waals surface area contributed by atoms with Crippen molar-refractivity contribution in [3.8, 4) is 0 Å². The molecule has 0 fully saturated rings. The second kappa shape index (κ2) is 5.46. The van der Waals surface area contributed by atoms with Gasteiger partial charge in [-0.05, 0) is 30.3 Å². The molecule has 0 aliphatic carbocycles. The summed E-state index contributed by atoms with van der Waals surface area (Å²) in [7, 11) is 0. The second-order valence-electron chi connectivity index (χ2n) is 3.45. The van der Waals surface area contributed by atoms with Gasteiger partial charge in [-0.1, -0.05) is 27.5 Å². The highest BCUT2D eigenvalue weighted by Gasteiger charge is 2.12. The van der Waals surface area contributed by atoms with Gasteiger partial charge in [0.2, 0.25) is 0 Å². The highest BCUT2D eigenvalue weighted by molar-refractivity contribution is 9.10. The number of anilines is 1. The van der Waals surface area contributed by atoms with E-state index in [1.54, 1.807) is 6.07 Å².